The number of rotatable bonds is 7. The van der Waals surface area contributed by atoms with Crippen molar-refractivity contribution in [1.82, 2.24) is 19.8 Å². The highest BCUT2D eigenvalue weighted by molar-refractivity contribution is 5.80. The number of nitrogens with zero attached hydrogens (tertiary/aromatic N) is 3. The lowest BCUT2D eigenvalue weighted by Gasteiger charge is -2.39. The van der Waals surface area contributed by atoms with Gasteiger partial charge < -0.3 is 19.4 Å². The number of amides is 1. The number of methoxy groups -OCH3 is 1. The Kier molecular flexibility index (Phi) is 6.33. The van der Waals surface area contributed by atoms with Crippen LogP contribution in [0, 0.1) is 0 Å². The van der Waals surface area contributed by atoms with Crippen molar-refractivity contribution in [3.05, 3.63) is 60.4 Å². The number of nitrogens with one attached hydrogen (secondary N) is 1. The maximum atomic E-state index is 12.5. The quantitative estimate of drug-likeness (QED) is 0.600. The second-order valence-corrected chi connectivity index (χ2v) is 9.21. The Bertz CT molecular complexity index is 1100. The lowest BCUT2D eigenvalue weighted by Crippen LogP contribution is -2.45. The molecular formula is C26H32N4O3. The fraction of sp³-hybridized carbons (Fsp3) is 0.462. The molecule has 33 heavy (non-hydrogen) atoms. The van der Waals surface area contributed by atoms with E-state index in [1.165, 1.54) is 5.56 Å². The molecular weight excluding hydrogens is 416 g/mol. The van der Waals surface area contributed by atoms with Gasteiger partial charge in [-0.25, -0.2) is 4.98 Å². The van der Waals surface area contributed by atoms with Crippen molar-refractivity contribution in [2.24, 2.45) is 0 Å². The topological polar surface area (TPSA) is 68.6 Å². The summed E-state index contributed by atoms with van der Waals surface area (Å²) in [4.78, 5) is 19.4. The van der Waals surface area contributed by atoms with Crippen LogP contribution in [0.2, 0.25) is 0 Å². The molecule has 0 saturated carbocycles. The minimum absolute atomic E-state index is 0.00525. The maximum absolute atomic E-state index is 12.5. The standard InChI is InChI=1S/C26H32N4O3/c1-32-24-9-5-2-6-20(24)17-29-14-12-26(13-15-29)11-10-21(33-26)16-27-25(31)18-30-19-28-22-7-3-4-8-23(22)30/h2-9,19,21H,10-18H2,1H3,(H,27,31). The van der Waals surface area contributed by atoms with Crippen molar-refractivity contribution in [2.75, 3.05) is 26.7 Å². The Hall–Kier alpha value is -2.90. The van der Waals surface area contributed by atoms with E-state index in [1.54, 1.807) is 13.4 Å². The SMILES string of the molecule is COc1ccccc1CN1CCC2(CCC(CNC(=O)Cn3cnc4ccccc43)O2)CC1. The Labute approximate surface area is 194 Å². The molecule has 174 valence electrons. The molecule has 1 atom stereocenters. The van der Waals surface area contributed by atoms with E-state index in [0.29, 0.717) is 6.54 Å². The van der Waals surface area contributed by atoms with Gasteiger partial charge in [0.1, 0.15) is 12.3 Å². The summed E-state index contributed by atoms with van der Waals surface area (Å²) in [6.07, 6.45) is 5.96. The number of carbonyl (C=O) groups excluding carboxylic acids is 1. The number of hydrogen-bond acceptors (Lipinski definition) is 5. The zero-order valence-electron chi connectivity index (χ0n) is 19.2. The molecule has 1 unspecified atom stereocenters. The summed E-state index contributed by atoms with van der Waals surface area (Å²) in [5.41, 5.74) is 3.08. The van der Waals surface area contributed by atoms with Crippen molar-refractivity contribution < 1.29 is 14.3 Å². The monoisotopic (exact) mass is 448 g/mol. The molecule has 2 aliphatic rings. The number of carbonyl (C=O) groups is 1. The van der Waals surface area contributed by atoms with Gasteiger partial charge in [-0.15, -0.1) is 0 Å². The van der Waals surface area contributed by atoms with E-state index < -0.39 is 0 Å². The summed E-state index contributed by atoms with van der Waals surface area (Å²) in [7, 11) is 1.73. The van der Waals surface area contributed by atoms with Crippen LogP contribution in [0.5, 0.6) is 5.75 Å². The van der Waals surface area contributed by atoms with E-state index in [2.05, 4.69) is 27.3 Å². The molecule has 7 nitrogen and oxygen atoms in total. The molecule has 1 amide bonds. The van der Waals surface area contributed by atoms with Gasteiger partial charge in [-0.3, -0.25) is 9.69 Å². The zero-order valence-corrected chi connectivity index (χ0v) is 19.2. The van der Waals surface area contributed by atoms with Gasteiger partial charge in [-0.1, -0.05) is 30.3 Å². The summed E-state index contributed by atoms with van der Waals surface area (Å²) in [6, 6.07) is 16.1. The molecule has 2 fully saturated rings. The molecule has 0 aliphatic carbocycles. The Morgan fingerprint density at radius 1 is 1.15 bits per heavy atom. The first kappa shape index (κ1) is 21.9. The molecule has 7 heteroatoms. The number of hydrogen-bond donors (Lipinski definition) is 1. The largest absolute Gasteiger partial charge is 0.496 e. The van der Waals surface area contributed by atoms with Crippen LogP contribution in [0.4, 0.5) is 0 Å². The molecule has 2 saturated heterocycles. The first-order chi connectivity index (χ1) is 16.1. The first-order valence-corrected chi connectivity index (χ1v) is 11.8. The van der Waals surface area contributed by atoms with Crippen molar-refractivity contribution in [3.63, 3.8) is 0 Å². The number of para-hydroxylation sites is 3. The summed E-state index contributed by atoms with van der Waals surface area (Å²) in [6.45, 7) is 3.78. The molecule has 2 aromatic carbocycles. The third-order valence-corrected chi connectivity index (χ3v) is 7.06. The van der Waals surface area contributed by atoms with Crippen LogP contribution in [0.1, 0.15) is 31.2 Å². The van der Waals surface area contributed by atoms with Crippen LogP contribution in [-0.2, 0) is 22.6 Å². The highest BCUT2D eigenvalue weighted by Crippen LogP contribution is 2.39. The van der Waals surface area contributed by atoms with Crippen molar-refractivity contribution in [3.8, 4) is 5.75 Å². The summed E-state index contributed by atoms with van der Waals surface area (Å²) in [5, 5.41) is 3.07. The van der Waals surface area contributed by atoms with Gasteiger partial charge in [0.25, 0.3) is 0 Å². The number of piperidine rings is 1. The van der Waals surface area contributed by atoms with E-state index in [1.807, 2.05) is 41.0 Å². The zero-order chi connectivity index (χ0) is 22.7. The van der Waals surface area contributed by atoms with E-state index in [4.69, 9.17) is 9.47 Å². The highest BCUT2D eigenvalue weighted by Gasteiger charge is 2.42. The van der Waals surface area contributed by atoms with Gasteiger partial charge in [-0.2, -0.15) is 0 Å². The van der Waals surface area contributed by atoms with E-state index >= 15 is 0 Å². The van der Waals surface area contributed by atoms with Crippen LogP contribution in [0.15, 0.2) is 54.9 Å². The van der Waals surface area contributed by atoms with Gasteiger partial charge >= 0.3 is 0 Å². The van der Waals surface area contributed by atoms with E-state index in [-0.39, 0.29) is 24.2 Å². The number of fused-ring (bicyclic) bond motifs is 1. The smallest absolute Gasteiger partial charge is 0.240 e. The van der Waals surface area contributed by atoms with Gasteiger partial charge in [0.05, 0.1) is 36.2 Å². The van der Waals surface area contributed by atoms with E-state index in [9.17, 15) is 4.79 Å². The Morgan fingerprint density at radius 2 is 1.94 bits per heavy atom. The summed E-state index contributed by atoms with van der Waals surface area (Å²) < 4.78 is 13.9. The molecule has 0 bridgehead atoms. The minimum Gasteiger partial charge on any atom is -0.496 e. The van der Waals surface area contributed by atoms with Gasteiger partial charge in [0.2, 0.25) is 5.91 Å². The summed E-state index contributed by atoms with van der Waals surface area (Å²) in [5.74, 6) is 0.948. The predicted octanol–water partition coefficient (Wildman–Crippen LogP) is 3.37. The molecule has 1 spiro atoms. The maximum Gasteiger partial charge on any atom is 0.240 e. The van der Waals surface area contributed by atoms with Gasteiger partial charge in [0.15, 0.2) is 0 Å². The number of benzene rings is 2. The average Bonchev–Trinajstić information content (AvgIpc) is 3.44. The van der Waals surface area contributed by atoms with Gasteiger partial charge in [-0.05, 0) is 43.9 Å². The number of imidazole rings is 1. The first-order valence-electron chi connectivity index (χ1n) is 11.8. The van der Waals surface area contributed by atoms with Crippen LogP contribution >= 0.6 is 0 Å². The van der Waals surface area contributed by atoms with Crippen molar-refractivity contribution >= 4 is 16.9 Å². The van der Waals surface area contributed by atoms with Crippen LogP contribution in [0.25, 0.3) is 11.0 Å². The fourth-order valence-electron chi connectivity index (χ4n) is 5.17. The highest BCUT2D eigenvalue weighted by atomic mass is 16.5. The Morgan fingerprint density at radius 3 is 2.79 bits per heavy atom. The van der Waals surface area contributed by atoms with Crippen LogP contribution in [-0.4, -0.2) is 58.8 Å². The molecule has 3 aromatic rings. The molecule has 1 N–H and O–H groups in total. The number of ether oxygens (including phenoxy) is 2. The molecule has 2 aliphatic heterocycles. The lowest BCUT2D eigenvalue weighted by molar-refractivity contribution is -0.123. The van der Waals surface area contributed by atoms with Crippen molar-refractivity contribution in [2.45, 2.75) is 50.5 Å². The third kappa shape index (κ3) is 4.89. The predicted molar refractivity (Wildman–Crippen MR) is 127 cm³/mol. The molecule has 0 radical (unpaired) electrons. The molecule has 1 aromatic heterocycles. The molecule has 3 heterocycles. The van der Waals surface area contributed by atoms with Crippen molar-refractivity contribution in [1.29, 1.82) is 0 Å². The lowest BCUT2D eigenvalue weighted by atomic mass is 9.88. The van der Waals surface area contributed by atoms with Crippen LogP contribution in [0.3, 0.4) is 0 Å². The third-order valence-electron chi connectivity index (χ3n) is 7.06. The average molecular weight is 449 g/mol. The minimum atomic E-state index is -0.0345. The van der Waals surface area contributed by atoms with E-state index in [0.717, 1.165) is 62.1 Å². The number of aromatic nitrogens is 2. The van der Waals surface area contributed by atoms with Crippen LogP contribution < -0.4 is 10.1 Å². The second-order valence-electron chi connectivity index (χ2n) is 9.21. The number of likely N-dealkylation sites (tertiary alicyclic amines) is 1. The fourth-order valence-corrected chi connectivity index (χ4v) is 5.17. The van der Waals surface area contributed by atoms with Gasteiger partial charge in [0, 0.05) is 31.7 Å². The normalized spacial score (nSPS) is 20.3. The molecule has 5 rings (SSSR count). The second kappa shape index (κ2) is 9.53. The summed E-state index contributed by atoms with van der Waals surface area (Å²) >= 11 is 0. The Balaban J connectivity index is 1.08.